The van der Waals surface area contributed by atoms with E-state index < -0.39 is 6.10 Å². The van der Waals surface area contributed by atoms with Crippen LogP contribution in [0.2, 0.25) is 0 Å². The zero-order valence-electron chi connectivity index (χ0n) is 14.8. The second kappa shape index (κ2) is 8.43. The molecule has 0 aromatic carbocycles. The molecule has 1 heterocycles. The fourth-order valence-corrected chi connectivity index (χ4v) is 3.03. The fraction of sp³-hybridized carbons (Fsp3) is 0.824. The van der Waals surface area contributed by atoms with E-state index in [1.54, 1.807) is 0 Å². The predicted molar refractivity (Wildman–Crippen MR) is 88.9 cm³/mol. The van der Waals surface area contributed by atoms with Gasteiger partial charge in [0.15, 0.2) is 5.82 Å². The number of ether oxygens (including phenoxy) is 1. The zero-order valence-corrected chi connectivity index (χ0v) is 14.8. The van der Waals surface area contributed by atoms with Crippen molar-refractivity contribution in [3.63, 3.8) is 0 Å². The fourth-order valence-electron chi connectivity index (χ4n) is 3.03. The lowest BCUT2D eigenvalue weighted by Crippen LogP contribution is -2.40. The second-order valence-electron chi connectivity index (χ2n) is 6.90. The van der Waals surface area contributed by atoms with Gasteiger partial charge in [-0.2, -0.15) is 5.10 Å². The number of aryl methyl sites for hydroxylation is 1. The van der Waals surface area contributed by atoms with Crippen LogP contribution in [0.4, 0.5) is 0 Å². The molecular weight excluding hydrogens is 292 g/mol. The maximum atomic E-state index is 12.5. The summed E-state index contributed by atoms with van der Waals surface area (Å²) in [6.45, 7) is 7.79. The number of nitrogens with zero attached hydrogens (tertiary/aromatic N) is 2. The SMILES string of the molecule is Cc1nc([C@H](NC(=O)[C@@H](C)OC2CCCCCC2)C(C)C)n[nH]1. The van der Waals surface area contributed by atoms with Gasteiger partial charge in [-0.1, -0.05) is 39.5 Å². The van der Waals surface area contributed by atoms with Crippen molar-refractivity contribution in [2.45, 2.75) is 84.5 Å². The Hall–Kier alpha value is -1.43. The average Bonchev–Trinajstić information content (AvgIpc) is 2.76. The van der Waals surface area contributed by atoms with Gasteiger partial charge in [-0.05, 0) is 32.6 Å². The van der Waals surface area contributed by atoms with Gasteiger partial charge in [0.25, 0.3) is 0 Å². The second-order valence-corrected chi connectivity index (χ2v) is 6.90. The Balaban J connectivity index is 1.92. The van der Waals surface area contributed by atoms with Crippen LogP contribution < -0.4 is 5.32 Å². The van der Waals surface area contributed by atoms with Crippen molar-refractivity contribution in [3.05, 3.63) is 11.6 Å². The number of nitrogens with one attached hydrogen (secondary N) is 2. The summed E-state index contributed by atoms with van der Waals surface area (Å²) in [5.74, 6) is 1.50. The van der Waals surface area contributed by atoms with Crippen LogP contribution in [0.1, 0.15) is 77.0 Å². The summed E-state index contributed by atoms with van der Waals surface area (Å²) in [5, 5.41) is 10.1. The Morgan fingerprint density at radius 2 is 1.87 bits per heavy atom. The first-order chi connectivity index (χ1) is 11.0. The zero-order chi connectivity index (χ0) is 16.8. The van der Waals surface area contributed by atoms with Gasteiger partial charge in [-0.15, -0.1) is 0 Å². The van der Waals surface area contributed by atoms with Crippen LogP contribution in [-0.2, 0) is 9.53 Å². The number of carbonyl (C=O) groups is 1. The molecule has 1 aliphatic carbocycles. The molecule has 0 spiro atoms. The van der Waals surface area contributed by atoms with Crippen molar-refractivity contribution in [2.75, 3.05) is 0 Å². The van der Waals surface area contributed by atoms with Gasteiger partial charge in [0.05, 0.1) is 12.1 Å². The lowest BCUT2D eigenvalue weighted by Gasteiger charge is -2.24. The van der Waals surface area contributed by atoms with E-state index in [4.69, 9.17) is 4.74 Å². The van der Waals surface area contributed by atoms with Crippen LogP contribution >= 0.6 is 0 Å². The third-order valence-corrected chi connectivity index (χ3v) is 4.43. The largest absolute Gasteiger partial charge is 0.365 e. The van der Waals surface area contributed by atoms with E-state index in [2.05, 4.69) is 20.5 Å². The molecule has 23 heavy (non-hydrogen) atoms. The van der Waals surface area contributed by atoms with Gasteiger partial charge in [0.2, 0.25) is 5.91 Å². The molecule has 6 heteroatoms. The lowest BCUT2D eigenvalue weighted by molar-refractivity contribution is -0.137. The number of rotatable bonds is 6. The van der Waals surface area contributed by atoms with Gasteiger partial charge in [0.1, 0.15) is 11.9 Å². The predicted octanol–water partition coefficient (Wildman–Crippen LogP) is 3.05. The number of aromatic amines is 1. The quantitative estimate of drug-likeness (QED) is 0.789. The highest BCUT2D eigenvalue weighted by molar-refractivity contribution is 5.80. The third-order valence-electron chi connectivity index (χ3n) is 4.43. The van der Waals surface area contributed by atoms with Crippen LogP contribution in [0, 0.1) is 12.8 Å². The molecule has 0 aliphatic heterocycles. The number of H-pyrrole nitrogens is 1. The summed E-state index contributed by atoms with van der Waals surface area (Å²) in [6.07, 6.45) is 6.84. The molecule has 6 nitrogen and oxygen atoms in total. The van der Waals surface area contributed by atoms with Crippen LogP contribution in [0.15, 0.2) is 0 Å². The number of amides is 1. The molecule has 1 aromatic heterocycles. The molecule has 0 saturated heterocycles. The summed E-state index contributed by atoms with van der Waals surface area (Å²) < 4.78 is 5.99. The molecule has 1 amide bonds. The van der Waals surface area contributed by atoms with Crippen LogP contribution in [-0.4, -0.2) is 33.3 Å². The summed E-state index contributed by atoms with van der Waals surface area (Å²) in [5.41, 5.74) is 0. The first kappa shape index (κ1) is 17.9. The van der Waals surface area contributed by atoms with Crippen molar-refractivity contribution in [1.82, 2.24) is 20.5 Å². The maximum Gasteiger partial charge on any atom is 0.249 e. The van der Waals surface area contributed by atoms with Crippen molar-refractivity contribution < 1.29 is 9.53 Å². The van der Waals surface area contributed by atoms with Crippen molar-refractivity contribution in [3.8, 4) is 0 Å². The molecule has 130 valence electrons. The highest BCUT2D eigenvalue weighted by Gasteiger charge is 2.26. The minimum Gasteiger partial charge on any atom is -0.365 e. The van der Waals surface area contributed by atoms with Gasteiger partial charge in [0, 0.05) is 0 Å². The molecule has 1 aromatic rings. The number of hydrogen-bond acceptors (Lipinski definition) is 4. The molecule has 2 rings (SSSR count). The maximum absolute atomic E-state index is 12.5. The topological polar surface area (TPSA) is 79.9 Å². The van der Waals surface area contributed by atoms with Crippen LogP contribution in [0.25, 0.3) is 0 Å². The minimum absolute atomic E-state index is 0.0876. The highest BCUT2D eigenvalue weighted by atomic mass is 16.5. The van der Waals surface area contributed by atoms with E-state index >= 15 is 0 Å². The first-order valence-electron chi connectivity index (χ1n) is 8.82. The van der Waals surface area contributed by atoms with Gasteiger partial charge < -0.3 is 10.1 Å². The molecule has 2 N–H and O–H groups in total. The normalized spacial score (nSPS) is 19.3. The molecule has 2 atom stereocenters. The molecule has 0 bridgehead atoms. The summed E-state index contributed by atoms with van der Waals surface area (Å²) in [6, 6.07) is -0.201. The summed E-state index contributed by atoms with van der Waals surface area (Å²) in [4.78, 5) is 16.8. The summed E-state index contributed by atoms with van der Waals surface area (Å²) in [7, 11) is 0. The Morgan fingerprint density at radius 1 is 1.22 bits per heavy atom. The van der Waals surface area contributed by atoms with Gasteiger partial charge in [-0.3, -0.25) is 9.89 Å². The van der Waals surface area contributed by atoms with E-state index in [9.17, 15) is 4.79 Å². The molecule has 1 fully saturated rings. The van der Waals surface area contributed by atoms with E-state index in [1.165, 1.54) is 25.7 Å². The van der Waals surface area contributed by atoms with Crippen molar-refractivity contribution >= 4 is 5.91 Å². The standard InChI is InChI=1S/C17H30N4O2/c1-11(2)15(16-18-13(4)20-21-16)19-17(22)12(3)23-14-9-7-5-6-8-10-14/h11-12,14-15H,5-10H2,1-4H3,(H,19,22)(H,18,20,21)/t12-,15-/m1/s1. The Morgan fingerprint density at radius 3 is 2.39 bits per heavy atom. The Kier molecular flexibility index (Phi) is 6.57. The average molecular weight is 322 g/mol. The lowest BCUT2D eigenvalue weighted by atomic mass is 10.0. The molecule has 0 radical (unpaired) electrons. The number of aromatic nitrogens is 3. The van der Waals surface area contributed by atoms with Crippen LogP contribution in [0.3, 0.4) is 0 Å². The highest BCUT2D eigenvalue weighted by Crippen LogP contribution is 2.22. The number of hydrogen-bond donors (Lipinski definition) is 2. The third kappa shape index (κ3) is 5.30. The van der Waals surface area contributed by atoms with E-state index in [0.29, 0.717) is 5.82 Å². The molecular formula is C17H30N4O2. The number of carbonyl (C=O) groups excluding carboxylic acids is 1. The van der Waals surface area contributed by atoms with E-state index in [0.717, 1.165) is 18.7 Å². The summed E-state index contributed by atoms with van der Waals surface area (Å²) >= 11 is 0. The molecule has 1 saturated carbocycles. The molecule has 0 unspecified atom stereocenters. The Labute approximate surface area is 138 Å². The minimum atomic E-state index is -0.445. The van der Waals surface area contributed by atoms with Crippen molar-refractivity contribution in [2.24, 2.45) is 5.92 Å². The smallest absolute Gasteiger partial charge is 0.249 e. The van der Waals surface area contributed by atoms with Gasteiger partial charge >= 0.3 is 0 Å². The Bertz CT molecular complexity index is 493. The van der Waals surface area contributed by atoms with E-state index in [1.807, 2.05) is 27.7 Å². The monoisotopic (exact) mass is 322 g/mol. The first-order valence-corrected chi connectivity index (χ1v) is 8.82. The van der Waals surface area contributed by atoms with E-state index in [-0.39, 0.29) is 24.0 Å². The van der Waals surface area contributed by atoms with Crippen LogP contribution in [0.5, 0.6) is 0 Å². The van der Waals surface area contributed by atoms with Gasteiger partial charge in [-0.25, -0.2) is 4.98 Å². The molecule has 1 aliphatic rings. The van der Waals surface area contributed by atoms with Crippen molar-refractivity contribution in [1.29, 1.82) is 0 Å².